The molecule has 1 aromatic heterocycles. The van der Waals surface area contributed by atoms with Gasteiger partial charge in [-0.2, -0.15) is 0 Å². The fourth-order valence-corrected chi connectivity index (χ4v) is 2.99. The summed E-state index contributed by atoms with van der Waals surface area (Å²) in [6.45, 7) is 4.80. The van der Waals surface area contributed by atoms with Crippen LogP contribution in [-0.4, -0.2) is 34.4 Å². The third-order valence-corrected chi connectivity index (χ3v) is 4.12. The minimum atomic E-state index is -0.178. The van der Waals surface area contributed by atoms with Crippen LogP contribution in [0.1, 0.15) is 24.5 Å². The van der Waals surface area contributed by atoms with Crippen LogP contribution in [0.5, 0.6) is 0 Å². The fraction of sp³-hybridized carbons (Fsp3) is 0.250. The van der Waals surface area contributed by atoms with Crippen LogP contribution in [0.3, 0.4) is 0 Å². The molecule has 0 unspecified atom stereocenters. The standard InChI is InChI=1S/C20H20ClN3O/c1-13(2)12-24(3)20(25)19-22-17-10-9-15(21)11-16(17)18(23-19)14-7-5-4-6-8-14/h4-11,13H,12H2,1-3H3. The van der Waals surface area contributed by atoms with Gasteiger partial charge in [0.15, 0.2) is 0 Å². The van der Waals surface area contributed by atoms with Crippen molar-refractivity contribution in [3.63, 3.8) is 0 Å². The van der Waals surface area contributed by atoms with Crippen LogP contribution in [0.4, 0.5) is 0 Å². The van der Waals surface area contributed by atoms with Gasteiger partial charge in [0.1, 0.15) is 0 Å². The number of halogens is 1. The van der Waals surface area contributed by atoms with Crippen molar-refractivity contribution in [2.24, 2.45) is 5.92 Å². The highest BCUT2D eigenvalue weighted by molar-refractivity contribution is 6.31. The molecule has 0 fully saturated rings. The largest absolute Gasteiger partial charge is 0.339 e. The van der Waals surface area contributed by atoms with E-state index in [-0.39, 0.29) is 11.7 Å². The smallest absolute Gasteiger partial charge is 0.291 e. The molecule has 4 nitrogen and oxygen atoms in total. The molecule has 0 saturated heterocycles. The van der Waals surface area contributed by atoms with Crippen molar-refractivity contribution >= 4 is 28.4 Å². The number of fused-ring (bicyclic) bond motifs is 1. The lowest BCUT2D eigenvalue weighted by molar-refractivity contribution is 0.0767. The highest BCUT2D eigenvalue weighted by atomic mass is 35.5. The number of carbonyl (C=O) groups excluding carboxylic acids is 1. The van der Waals surface area contributed by atoms with Crippen molar-refractivity contribution in [2.45, 2.75) is 13.8 Å². The molecule has 128 valence electrons. The second-order valence-corrected chi connectivity index (χ2v) is 6.94. The quantitative estimate of drug-likeness (QED) is 0.684. The number of carbonyl (C=O) groups is 1. The van der Waals surface area contributed by atoms with Crippen molar-refractivity contribution in [1.82, 2.24) is 14.9 Å². The van der Waals surface area contributed by atoms with E-state index in [9.17, 15) is 4.79 Å². The van der Waals surface area contributed by atoms with Gasteiger partial charge in [0.2, 0.25) is 5.82 Å². The van der Waals surface area contributed by atoms with Gasteiger partial charge in [0, 0.05) is 29.6 Å². The van der Waals surface area contributed by atoms with E-state index in [1.807, 2.05) is 42.5 Å². The maximum Gasteiger partial charge on any atom is 0.291 e. The predicted octanol–water partition coefficient (Wildman–Crippen LogP) is 4.68. The Hall–Kier alpha value is -2.46. The Labute approximate surface area is 152 Å². The van der Waals surface area contributed by atoms with Gasteiger partial charge in [-0.1, -0.05) is 55.8 Å². The molecule has 0 bridgehead atoms. The lowest BCUT2D eigenvalue weighted by atomic mass is 10.1. The summed E-state index contributed by atoms with van der Waals surface area (Å²) < 4.78 is 0. The fourth-order valence-electron chi connectivity index (χ4n) is 2.81. The minimum absolute atomic E-state index is 0.178. The van der Waals surface area contributed by atoms with Crippen molar-refractivity contribution in [3.05, 3.63) is 59.4 Å². The van der Waals surface area contributed by atoms with Crippen LogP contribution in [0.15, 0.2) is 48.5 Å². The highest BCUT2D eigenvalue weighted by Gasteiger charge is 2.19. The van der Waals surface area contributed by atoms with Crippen LogP contribution in [0, 0.1) is 5.92 Å². The second-order valence-electron chi connectivity index (χ2n) is 6.50. The van der Waals surface area contributed by atoms with Gasteiger partial charge in [0.25, 0.3) is 5.91 Å². The molecule has 0 spiro atoms. The third kappa shape index (κ3) is 3.80. The molecule has 0 aliphatic rings. The molecule has 5 heteroatoms. The van der Waals surface area contributed by atoms with Crippen molar-refractivity contribution < 1.29 is 4.79 Å². The van der Waals surface area contributed by atoms with Gasteiger partial charge in [0.05, 0.1) is 11.2 Å². The average molecular weight is 354 g/mol. The first kappa shape index (κ1) is 17.4. The molecule has 0 N–H and O–H groups in total. The first-order valence-corrected chi connectivity index (χ1v) is 8.61. The van der Waals surface area contributed by atoms with Crippen LogP contribution < -0.4 is 0 Å². The number of hydrogen-bond acceptors (Lipinski definition) is 3. The van der Waals surface area contributed by atoms with Crippen LogP contribution in [0.25, 0.3) is 22.2 Å². The first-order valence-electron chi connectivity index (χ1n) is 8.24. The summed E-state index contributed by atoms with van der Waals surface area (Å²) in [6, 6.07) is 15.2. The summed E-state index contributed by atoms with van der Waals surface area (Å²) in [6.07, 6.45) is 0. The van der Waals surface area contributed by atoms with E-state index in [1.165, 1.54) is 0 Å². The van der Waals surface area contributed by atoms with Gasteiger partial charge in [-0.25, -0.2) is 9.97 Å². The molecule has 0 saturated carbocycles. The molecular weight excluding hydrogens is 334 g/mol. The molecule has 25 heavy (non-hydrogen) atoms. The number of benzene rings is 2. The Morgan fingerprint density at radius 2 is 1.84 bits per heavy atom. The SMILES string of the molecule is CC(C)CN(C)C(=O)c1nc(-c2ccccc2)c2cc(Cl)ccc2n1. The molecule has 0 atom stereocenters. The zero-order valence-electron chi connectivity index (χ0n) is 14.5. The maximum atomic E-state index is 12.7. The normalized spacial score (nSPS) is 11.1. The van der Waals surface area contributed by atoms with Gasteiger partial charge in [-0.3, -0.25) is 4.79 Å². The van der Waals surface area contributed by atoms with Crippen LogP contribution in [0.2, 0.25) is 5.02 Å². The van der Waals surface area contributed by atoms with E-state index in [2.05, 4.69) is 23.8 Å². The summed E-state index contributed by atoms with van der Waals surface area (Å²) >= 11 is 6.16. The number of aromatic nitrogens is 2. The lowest BCUT2D eigenvalue weighted by Gasteiger charge is -2.19. The Bertz CT molecular complexity index is 909. The molecule has 1 amide bonds. The monoisotopic (exact) mass is 353 g/mol. The predicted molar refractivity (Wildman–Crippen MR) is 102 cm³/mol. The summed E-state index contributed by atoms with van der Waals surface area (Å²) in [7, 11) is 1.78. The Morgan fingerprint density at radius 3 is 2.52 bits per heavy atom. The first-order chi connectivity index (χ1) is 12.0. The van der Waals surface area contributed by atoms with E-state index >= 15 is 0 Å². The molecule has 2 aromatic carbocycles. The topological polar surface area (TPSA) is 46.1 Å². The highest BCUT2D eigenvalue weighted by Crippen LogP contribution is 2.28. The zero-order chi connectivity index (χ0) is 18.0. The molecule has 3 aromatic rings. The molecule has 0 aliphatic carbocycles. The molecule has 1 heterocycles. The maximum absolute atomic E-state index is 12.7. The van der Waals surface area contributed by atoms with Crippen molar-refractivity contribution in [3.8, 4) is 11.3 Å². The summed E-state index contributed by atoms with van der Waals surface area (Å²) in [5.74, 6) is 0.404. The average Bonchev–Trinajstić information content (AvgIpc) is 2.60. The van der Waals surface area contributed by atoms with E-state index in [0.29, 0.717) is 23.0 Å². The Morgan fingerprint density at radius 1 is 1.12 bits per heavy atom. The molecule has 0 radical (unpaired) electrons. The number of amides is 1. The summed E-state index contributed by atoms with van der Waals surface area (Å²) in [4.78, 5) is 23.5. The van der Waals surface area contributed by atoms with E-state index in [4.69, 9.17) is 11.6 Å². The lowest BCUT2D eigenvalue weighted by Crippen LogP contribution is -2.31. The van der Waals surface area contributed by atoms with Gasteiger partial charge >= 0.3 is 0 Å². The van der Waals surface area contributed by atoms with Gasteiger partial charge < -0.3 is 4.90 Å². The minimum Gasteiger partial charge on any atom is -0.339 e. The zero-order valence-corrected chi connectivity index (χ0v) is 15.3. The number of hydrogen-bond donors (Lipinski definition) is 0. The van der Waals surface area contributed by atoms with Crippen molar-refractivity contribution in [1.29, 1.82) is 0 Å². The van der Waals surface area contributed by atoms with Crippen molar-refractivity contribution in [2.75, 3.05) is 13.6 Å². The van der Waals surface area contributed by atoms with E-state index in [0.717, 1.165) is 16.6 Å². The van der Waals surface area contributed by atoms with E-state index in [1.54, 1.807) is 18.0 Å². The molecular formula is C20H20ClN3O. The van der Waals surface area contributed by atoms with Gasteiger partial charge in [-0.05, 0) is 24.1 Å². The third-order valence-electron chi connectivity index (χ3n) is 3.88. The number of nitrogens with zero attached hydrogens (tertiary/aromatic N) is 3. The van der Waals surface area contributed by atoms with Gasteiger partial charge in [-0.15, -0.1) is 0 Å². The Kier molecular flexibility index (Phi) is 5.00. The molecule has 3 rings (SSSR count). The summed E-state index contributed by atoms with van der Waals surface area (Å²) in [5, 5.41) is 1.45. The van der Waals surface area contributed by atoms with E-state index < -0.39 is 0 Å². The van der Waals surface area contributed by atoms with Crippen LogP contribution in [-0.2, 0) is 0 Å². The second kappa shape index (κ2) is 7.19. The molecule has 0 aliphatic heterocycles. The van der Waals surface area contributed by atoms with Crippen LogP contribution >= 0.6 is 11.6 Å². The Balaban J connectivity index is 2.16. The number of rotatable bonds is 4. The summed E-state index contributed by atoms with van der Waals surface area (Å²) in [5.41, 5.74) is 2.35.